The largest absolute Gasteiger partial charge is 0.480 e. The van der Waals surface area contributed by atoms with E-state index < -0.39 is 24.0 Å². The molecule has 0 bridgehead atoms. The third-order valence-electron chi connectivity index (χ3n) is 5.85. The van der Waals surface area contributed by atoms with Crippen LogP contribution >= 0.6 is 23.5 Å². The van der Waals surface area contributed by atoms with Crippen molar-refractivity contribution in [3.8, 4) is 0 Å². The molecule has 2 amide bonds. The molecule has 8 nitrogen and oxygen atoms in total. The summed E-state index contributed by atoms with van der Waals surface area (Å²) < 4.78 is -0.239. The summed E-state index contributed by atoms with van der Waals surface area (Å²) in [4.78, 5) is 51.1. The zero-order valence-electron chi connectivity index (χ0n) is 18.7. The van der Waals surface area contributed by atoms with E-state index in [1.165, 1.54) is 9.80 Å². The molecule has 0 aromatic carbocycles. The lowest BCUT2D eigenvalue weighted by Gasteiger charge is -2.30. The zero-order chi connectivity index (χ0) is 23.3. The van der Waals surface area contributed by atoms with Crippen LogP contribution in [0, 0.1) is 11.8 Å². The van der Waals surface area contributed by atoms with Gasteiger partial charge in [0.15, 0.2) is 0 Å². The summed E-state index contributed by atoms with van der Waals surface area (Å²) in [7, 11) is 0. The number of hydrogen-bond donors (Lipinski definition) is 2. The van der Waals surface area contributed by atoms with Gasteiger partial charge in [-0.2, -0.15) is 0 Å². The summed E-state index contributed by atoms with van der Waals surface area (Å²) >= 11 is 3.25. The lowest BCUT2D eigenvalue weighted by Crippen LogP contribution is -2.43. The normalized spacial score (nSPS) is 23.6. The molecule has 2 heterocycles. The Hall–Kier alpha value is -1.42. The molecule has 31 heavy (non-hydrogen) atoms. The van der Waals surface area contributed by atoms with E-state index in [9.17, 15) is 29.4 Å². The lowest BCUT2D eigenvalue weighted by molar-refractivity contribution is -0.149. The van der Waals surface area contributed by atoms with E-state index in [4.69, 9.17) is 0 Å². The van der Waals surface area contributed by atoms with Gasteiger partial charge in [0.2, 0.25) is 11.8 Å². The Morgan fingerprint density at radius 1 is 0.839 bits per heavy atom. The van der Waals surface area contributed by atoms with Crippen molar-refractivity contribution in [1.29, 1.82) is 0 Å². The number of rotatable bonds is 10. The van der Waals surface area contributed by atoms with E-state index in [1.807, 2.05) is 27.7 Å². The molecule has 2 aliphatic heterocycles. The third-order valence-corrected chi connectivity index (χ3v) is 9.28. The molecule has 0 aromatic heterocycles. The summed E-state index contributed by atoms with van der Waals surface area (Å²) in [5.41, 5.74) is 0. The van der Waals surface area contributed by atoms with Crippen LogP contribution in [0.15, 0.2) is 0 Å². The van der Waals surface area contributed by atoms with Gasteiger partial charge in [0, 0.05) is 36.4 Å². The van der Waals surface area contributed by atoms with Crippen LogP contribution in [0.5, 0.6) is 0 Å². The first-order valence-corrected chi connectivity index (χ1v) is 12.8. The summed E-state index contributed by atoms with van der Waals surface area (Å²) in [6, 6.07) is -1.43. The summed E-state index contributed by atoms with van der Waals surface area (Å²) in [5.74, 6) is -1.55. The van der Waals surface area contributed by atoms with Gasteiger partial charge in [-0.25, -0.2) is 9.59 Å². The van der Waals surface area contributed by atoms with Crippen LogP contribution < -0.4 is 0 Å². The van der Waals surface area contributed by atoms with E-state index >= 15 is 0 Å². The fraction of sp³-hybridized carbons (Fsp3) is 0.810. The Bertz CT molecular complexity index is 645. The van der Waals surface area contributed by atoms with Gasteiger partial charge in [0.1, 0.15) is 12.1 Å². The van der Waals surface area contributed by atoms with Gasteiger partial charge in [0.25, 0.3) is 0 Å². The van der Waals surface area contributed by atoms with E-state index in [2.05, 4.69) is 0 Å². The van der Waals surface area contributed by atoms with Crippen LogP contribution in [-0.2, 0) is 19.2 Å². The van der Waals surface area contributed by atoms with Crippen molar-refractivity contribution < 1.29 is 29.4 Å². The summed E-state index contributed by atoms with van der Waals surface area (Å²) in [6.07, 6.45) is 2.45. The molecule has 4 atom stereocenters. The van der Waals surface area contributed by atoms with Crippen molar-refractivity contribution in [3.05, 3.63) is 0 Å². The Morgan fingerprint density at radius 2 is 1.19 bits per heavy atom. The standard InChI is InChI=1S/C21H34N2O6S2/c1-13(17(24)22-9-5-7-15(22)19(26)27)11-30-21(3,4)31-12-14(2)18(25)23-10-6-8-16(23)20(28)29/h13-16H,5-12H2,1-4H3,(H,26,27)(H,28,29)/t13-,14-,15+,16+/m1/s1. The van der Waals surface area contributed by atoms with Gasteiger partial charge in [-0.05, 0) is 39.5 Å². The van der Waals surface area contributed by atoms with Gasteiger partial charge in [-0.1, -0.05) is 13.8 Å². The second kappa shape index (κ2) is 10.9. The maximum atomic E-state index is 12.7. The second-order valence-electron chi connectivity index (χ2n) is 8.88. The van der Waals surface area contributed by atoms with Crippen LogP contribution in [0.3, 0.4) is 0 Å². The Labute approximate surface area is 192 Å². The van der Waals surface area contributed by atoms with Gasteiger partial charge in [0.05, 0.1) is 4.08 Å². The Balaban J connectivity index is 1.81. The van der Waals surface area contributed by atoms with Gasteiger partial charge in [-0.15, -0.1) is 23.5 Å². The highest BCUT2D eigenvalue weighted by molar-refractivity contribution is 8.18. The molecular formula is C21H34N2O6S2. The quantitative estimate of drug-likeness (QED) is 0.464. The highest BCUT2D eigenvalue weighted by atomic mass is 32.2. The number of carboxylic acid groups (broad SMARTS) is 2. The minimum Gasteiger partial charge on any atom is -0.480 e. The maximum Gasteiger partial charge on any atom is 0.326 e. The fourth-order valence-electron chi connectivity index (χ4n) is 3.98. The highest BCUT2D eigenvalue weighted by Gasteiger charge is 2.38. The molecule has 2 N–H and O–H groups in total. The van der Waals surface area contributed by atoms with Crippen molar-refractivity contribution in [2.24, 2.45) is 11.8 Å². The average Bonchev–Trinajstić information content (AvgIpc) is 3.38. The molecule has 0 spiro atoms. The zero-order valence-corrected chi connectivity index (χ0v) is 20.3. The van der Waals surface area contributed by atoms with Crippen LogP contribution in [0.25, 0.3) is 0 Å². The number of aliphatic carboxylic acids is 2. The van der Waals surface area contributed by atoms with E-state index in [1.54, 1.807) is 23.5 Å². The maximum absolute atomic E-state index is 12.7. The van der Waals surface area contributed by atoms with E-state index in [0.29, 0.717) is 37.4 Å². The molecular weight excluding hydrogens is 440 g/mol. The minimum absolute atomic E-state index is 0.115. The number of amides is 2. The molecule has 0 unspecified atom stereocenters. The Kier molecular flexibility index (Phi) is 9.12. The van der Waals surface area contributed by atoms with Gasteiger partial charge in [-0.3, -0.25) is 9.59 Å². The first kappa shape index (κ1) is 25.8. The first-order valence-electron chi connectivity index (χ1n) is 10.8. The van der Waals surface area contributed by atoms with E-state index in [-0.39, 0.29) is 27.7 Å². The number of likely N-dealkylation sites (tertiary alicyclic amines) is 2. The number of nitrogens with zero attached hydrogens (tertiary/aromatic N) is 2. The van der Waals surface area contributed by atoms with Crippen molar-refractivity contribution in [3.63, 3.8) is 0 Å². The first-order chi connectivity index (χ1) is 14.4. The minimum atomic E-state index is -0.941. The predicted molar refractivity (Wildman–Crippen MR) is 122 cm³/mol. The second-order valence-corrected chi connectivity index (χ2v) is 12.4. The number of carbonyl (C=O) groups excluding carboxylic acids is 2. The van der Waals surface area contributed by atoms with Crippen LogP contribution in [0.2, 0.25) is 0 Å². The summed E-state index contributed by atoms with van der Waals surface area (Å²) in [5, 5.41) is 18.6. The molecule has 2 fully saturated rings. The molecule has 2 rings (SSSR count). The van der Waals surface area contributed by atoms with Crippen LogP contribution in [0.4, 0.5) is 0 Å². The SMILES string of the molecule is C[C@H](CSC(C)(C)SC[C@@H](C)C(=O)N1CCC[C@H]1C(=O)O)C(=O)N1CCC[C@H]1C(=O)O. The number of thioether (sulfide) groups is 2. The molecule has 0 radical (unpaired) electrons. The molecule has 2 saturated heterocycles. The number of carbonyl (C=O) groups is 4. The van der Waals surface area contributed by atoms with Crippen LogP contribution in [0.1, 0.15) is 53.4 Å². The fourth-order valence-corrected chi connectivity index (χ4v) is 6.31. The third kappa shape index (κ3) is 6.78. The highest BCUT2D eigenvalue weighted by Crippen LogP contribution is 2.39. The van der Waals surface area contributed by atoms with Crippen molar-refractivity contribution in [2.75, 3.05) is 24.6 Å². The molecule has 0 aromatic rings. The molecule has 0 aliphatic carbocycles. The van der Waals surface area contributed by atoms with Crippen molar-refractivity contribution >= 4 is 47.3 Å². The number of hydrogen-bond acceptors (Lipinski definition) is 6. The van der Waals surface area contributed by atoms with Gasteiger partial charge < -0.3 is 20.0 Å². The number of carboxylic acids is 2. The van der Waals surface area contributed by atoms with Gasteiger partial charge >= 0.3 is 11.9 Å². The molecule has 2 aliphatic rings. The lowest BCUT2D eigenvalue weighted by atomic mass is 10.1. The topological polar surface area (TPSA) is 115 Å². The van der Waals surface area contributed by atoms with Crippen LogP contribution in [-0.4, -0.2) is 84.5 Å². The Morgan fingerprint density at radius 3 is 1.52 bits per heavy atom. The summed E-state index contributed by atoms with van der Waals surface area (Å²) in [6.45, 7) is 8.75. The molecule has 176 valence electrons. The average molecular weight is 475 g/mol. The monoisotopic (exact) mass is 474 g/mol. The van der Waals surface area contributed by atoms with E-state index in [0.717, 1.165) is 12.8 Å². The van der Waals surface area contributed by atoms with Crippen molar-refractivity contribution in [1.82, 2.24) is 9.80 Å². The van der Waals surface area contributed by atoms with Crippen molar-refractivity contribution in [2.45, 2.75) is 69.5 Å². The molecule has 10 heteroatoms. The predicted octanol–water partition coefficient (Wildman–Crippen LogP) is 2.61. The molecule has 0 saturated carbocycles. The smallest absolute Gasteiger partial charge is 0.326 e.